The van der Waals surface area contributed by atoms with Crippen molar-refractivity contribution in [3.8, 4) is 0 Å². The van der Waals surface area contributed by atoms with Gasteiger partial charge in [0.2, 0.25) is 11.8 Å². The number of carbonyl (C=O) groups excluding carboxylic acids is 3. The molecule has 0 radical (unpaired) electrons. The molecule has 3 amide bonds. The Hall–Kier alpha value is -2.62. The Morgan fingerprint density at radius 2 is 1.64 bits per heavy atom. The van der Waals surface area contributed by atoms with Crippen LogP contribution in [0.3, 0.4) is 0 Å². The van der Waals surface area contributed by atoms with Gasteiger partial charge in [0.25, 0.3) is 0 Å². The number of carboxylic acids is 1. The van der Waals surface area contributed by atoms with E-state index in [4.69, 9.17) is 9.84 Å². The first kappa shape index (κ1) is 23.4. The zero-order chi connectivity index (χ0) is 21.6. The predicted molar refractivity (Wildman–Crippen MR) is 106 cm³/mol. The largest absolute Gasteiger partial charge is 0.477 e. The predicted octanol–water partition coefficient (Wildman–Crippen LogP) is 2.44. The minimum absolute atomic E-state index is 0.0911. The average molecular weight is 413 g/mol. The Balaban J connectivity index is 2.68. The summed E-state index contributed by atoms with van der Waals surface area (Å²) < 4.78 is 5.17. The molecular formula is C18H27N3O6S. The van der Waals surface area contributed by atoms with Gasteiger partial charge in [-0.1, -0.05) is 13.8 Å². The molecule has 10 heteroatoms. The maximum Gasteiger partial charge on any atom is 0.408 e. The number of hydrogen-bond donors (Lipinski definition) is 4. The molecule has 0 fully saturated rings. The Bertz CT molecular complexity index is 738. The molecule has 156 valence electrons. The lowest BCUT2D eigenvalue weighted by Crippen LogP contribution is -2.54. The average Bonchev–Trinajstić information content (AvgIpc) is 2.99. The highest BCUT2D eigenvalue weighted by Gasteiger charge is 2.29. The molecule has 0 unspecified atom stereocenters. The van der Waals surface area contributed by atoms with Crippen LogP contribution in [0, 0.1) is 5.92 Å². The van der Waals surface area contributed by atoms with Crippen LogP contribution in [-0.2, 0) is 14.3 Å². The van der Waals surface area contributed by atoms with Gasteiger partial charge in [-0.15, -0.1) is 11.3 Å². The summed E-state index contributed by atoms with van der Waals surface area (Å²) in [4.78, 5) is 47.7. The van der Waals surface area contributed by atoms with E-state index >= 15 is 0 Å². The molecule has 0 aliphatic heterocycles. The van der Waals surface area contributed by atoms with E-state index in [1.54, 1.807) is 34.6 Å². The highest BCUT2D eigenvalue weighted by molar-refractivity contribution is 7.18. The van der Waals surface area contributed by atoms with E-state index in [-0.39, 0.29) is 10.8 Å². The number of carboxylic acid groups (broad SMARTS) is 1. The van der Waals surface area contributed by atoms with Crippen molar-refractivity contribution in [2.75, 3.05) is 5.32 Å². The van der Waals surface area contributed by atoms with Gasteiger partial charge in [-0.2, -0.15) is 0 Å². The lowest BCUT2D eigenvalue weighted by atomic mass is 10.0. The van der Waals surface area contributed by atoms with Crippen molar-refractivity contribution in [1.82, 2.24) is 10.6 Å². The molecule has 9 nitrogen and oxygen atoms in total. The van der Waals surface area contributed by atoms with Gasteiger partial charge >= 0.3 is 12.1 Å². The molecule has 1 rings (SSSR count). The smallest absolute Gasteiger partial charge is 0.408 e. The van der Waals surface area contributed by atoms with E-state index in [9.17, 15) is 19.2 Å². The molecule has 0 aliphatic rings. The van der Waals surface area contributed by atoms with E-state index in [1.807, 2.05) is 0 Å². The highest BCUT2D eigenvalue weighted by Crippen LogP contribution is 2.21. The first-order valence-electron chi connectivity index (χ1n) is 8.74. The van der Waals surface area contributed by atoms with Crippen LogP contribution in [0.5, 0.6) is 0 Å². The third-order valence-corrected chi connectivity index (χ3v) is 4.43. The summed E-state index contributed by atoms with van der Waals surface area (Å²) in [6.07, 6.45) is -0.724. The molecule has 2 atom stereocenters. The van der Waals surface area contributed by atoms with Crippen LogP contribution in [0.15, 0.2) is 12.1 Å². The van der Waals surface area contributed by atoms with Gasteiger partial charge in [0.05, 0.1) is 5.00 Å². The van der Waals surface area contributed by atoms with Gasteiger partial charge in [-0.25, -0.2) is 9.59 Å². The molecule has 0 aromatic carbocycles. The van der Waals surface area contributed by atoms with Crippen LogP contribution in [-0.4, -0.2) is 46.7 Å². The Kier molecular flexibility index (Phi) is 7.98. The lowest BCUT2D eigenvalue weighted by Gasteiger charge is -2.26. The summed E-state index contributed by atoms with van der Waals surface area (Å²) in [6, 6.07) is 1.07. The number of thiophene rings is 1. The monoisotopic (exact) mass is 413 g/mol. The van der Waals surface area contributed by atoms with E-state index in [0.717, 1.165) is 11.3 Å². The summed E-state index contributed by atoms with van der Waals surface area (Å²) in [5.41, 5.74) is -0.704. The van der Waals surface area contributed by atoms with Gasteiger partial charge in [-0.3, -0.25) is 9.59 Å². The van der Waals surface area contributed by atoms with E-state index in [1.165, 1.54) is 19.1 Å². The Morgan fingerprint density at radius 1 is 1.04 bits per heavy atom. The second-order valence-corrected chi connectivity index (χ2v) is 8.64. The van der Waals surface area contributed by atoms with Crippen LogP contribution < -0.4 is 16.0 Å². The van der Waals surface area contributed by atoms with Gasteiger partial charge < -0.3 is 25.8 Å². The summed E-state index contributed by atoms with van der Waals surface area (Å²) >= 11 is 0.913. The quantitative estimate of drug-likeness (QED) is 0.542. The molecule has 0 saturated heterocycles. The van der Waals surface area contributed by atoms with Crippen molar-refractivity contribution in [2.24, 2.45) is 5.92 Å². The summed E-state index contributed by atoms with van der Waals surface area (Å²) in [6.45, 7) is 10.1. The number of hydrogen-bond acceptors (Lipinski definition) is 6. The van der Waals surface area contributed by atoms with E-state index in [0.29, 0.717) is 5.00 Å². The van der Waals surface area contributed by atoms with Gasteiger partial charge in [-0.05, 0) is 45.7 Å². The van der Waals surface area contributed by atoms with E-state index in [2.05, 4.69) is 16.0 Å². The number of carbonyl (C=O) groups is 4. The van der Waals surface area contributed by atoms with Crippen LogP contribution in [0.4, 0.5) is 9.80 Å². The molecule has 0 bridgehead atoms. The Labute approximate surface area is 167 Å². The number of rotatable bonds is 7. The van der Waals surface area contributed by atoms with Crippen LogP contribution in [0.2, 0.25) is 0 Å². The fourth-order valence-electron chi connectivity index (χ4n) is 2.09. The molecular weight excluding hydrogens is 386 g/mol. The van der Waals surface area contributed by atoms with Crippen molar-refractivity contribution in [1.29, 1.82) is 0 Å². The zero-order valence-electron chi connectivity index (χ0n) is 16.8. The minimum Gasteiger partial charge on any atom is -0.477 e. The molecule has 0 aliphatic carbocycles. The molecule has 1 aromatic rings. The summed E-state index contributed by atoms with van der Waals surface area (Å²) in [5.74, 6) is -2.36. The fraction of sp³-hybridized carbons (Fsp3) is 0.556. The normalized spacial score (nSPS) is 13.4. The maximum absolute atomic E-state index is 12.5. The van der Waals surface area contributed by atoms with E-state index < -0.39 is 41.6 Å². The van der Waals surface area contributed by atoms with Crippen LogP contribution in [0.25, 0.3) is 0 Å². The number of ether oxygens (including phenoxy) is 1. The number of amides is 3. The lowest BCUT2D eigenvalue weighted by molar-refractivity contribution is -0.128. The van der Waals surface area contributed by atoms with Crippen LogP contribution in [0.1, 0.15) is 51.2 Å². The van der Waals surface area contributed by atoms with Crippen molar-refractivity contribution in [3.05, 3.63) is 17.0 Å². The highest BCUT2D eigenvalue weighted by atomic mass is 32.1. The van der Waals surface area contributed by atoms with Crippen LogP contribution >= 0.6 is 11.3 Å². The third-order valence-electron chi connectivity index (χ3n) is 3.44. The zero-order valence-corrected chi connectivity index (χ0v) is 17.6. The first-order valence-corrected chi connectivity index (χ1v) is 9.55. The molecule has 0 saturated carbocycles. The molecule has 1 heterocycles. The summed E-state index contributed by atoms with van der Waals surface area (Å²) in [5, 5.41) is 16.9. The SMILES string of the molecule is CC(C)[C@H](NC(=O)OC(C)(C)C)C(=O)N[C@@H](C)C(=O)Nc1ccc(C(=O)O)s1. The van der Waals surface area contributed by atoms with Gasteiger partial charge in [0.15, 0.2) is 0 Å². The number of alkyl carbamates (subject to hydrolysis) is 1. The molecule has 1 aromatic heterocycles. The van der Waals surface area contributed by atoms with Crippen molar-refractivity contribution >= 4 is 40.2 Å². The molecule has 28 heavy (non-hydrogen) atoms. The fourth-order valence-corrected chi connectivity index (χ4v) is 2.84. The Morgan fingerprint density at radius 3 is 2.11 bits per heavy atom. The molecule has 4 N–H and O–H groups in total. The number of aromatic carboxylic acids is 1. The number of anilines is 1. The van der Waals surface area contributed by atoms with Crippen molar-refractivity contribution in [3.63, 3.8) is 0 Å². The van der Waals surface area contributed by atoms with Crippen molar-refractivity contribution < 1.29 is 29.0 Å². The number of nitrogens with one attached hydrogen (secondary N) is 3. The molecule has 0 spiro atoms. The summed E-state index contributed by atoms with van der Waals surface area (Å²) in [7, 11) is 0. The van der Waals surface area contributed by atoms with Gasteiger partial charge in [0, 0.05) is 0 Å². The second kappa shape index (κ2) is 9.54. The van der Waals surface area contributed by atoms with Gasteiger partial charge in [0.1, 0.15) is 22.6 Å². The third kappa shape index (κ3) is 7.55. The topological polar surface area (TPSA) is 134 Å². The minimum atomic E-state index is -1.08. The maximum atomic E-state index is 12.5. The first-order chi connectivity index (χ1) is 12.8. The van der Waals surface area contributed by atoms with Crippen molar-refractivity contribution in [2.45, 2.75) is 59.2 Å². The second-order valence-electron chi connectivity index (χ2n) is 7.56. The standard InChI is InChI=1S/C18H27N3O6S/c1-9(2)13(21-17(26)27-18(4,5)6)15(23)19-10(3)14(22)20-12-8-7-11(28-12)16(24)25/h7-10,13H,1-6H3,(H,19,23)(H,20,22)(H,21,26)(H,24,25)/t10-,13-/m0/s1.